The van der Waals surface area contributed by atoms with Gasteiger partial charge in [0.25, 0.3) is 11.8 Å². The van der Waals surface area contributed by atoms with Gasteiger partial charge in [-0.3, -0.25) is 19.9 Å². The fourth-order valence-corrected chi connectivity index (χ4v) is 4.30. The Kier molecular flexibility index (Phi) is 6.64. The minimum Gasteiger partial charge on any atom is -0.497 e. The van der Waals surface area contributed by atoms with Crippen LogP contribution in [-0.2, 0) is 21.7 Å². The van der Waals surface area contributed by atoms with Crippen LogP contribution in [0.25, 0.3) is 0 Å². The van der Waals surface area contributed by atoms with Gasteiger partial charge in [-0.1, -0.05) is 30.7 Å². The maximum absolute atomic E-state index is 13.0. The van der Waals surface area contributed by atoms with E-state index in [9.17, 15) is 14.4 Å². The van der Waals surface area contributed by atoms with E-state index in [-0.39, 0.29) is 6.54 Å². The summed E-state index contributed by atoms with van der Waals surface area (Å²) in [5.74, 6) is -0.467. The molecule has 1 unspecified atom stereocenters. The zero-order valence-electron chi connectivity index (χ0n) is 16.9. The van der Waals surface area contributed by atoms with Crippen molar-refractivity contribution in [2.45, 2.75) is 25.9 Å². The van der Waals surface area contributed by atoms with Crippen molar-refractivity contribution >= 4 is 40.8 Å². The zero-order chi connectivity index (χ0) is 21.9. The Hall–Kier alpha value is -2.62. The number of carbonyl (C=O) groups is 3. The van der Waals surface area contributed by atoms with Crippen molar-refractivity contribution in [3.05, 3.63) is 51.2 Å². The highest BCUT2D eigenvalue weighted by Crippen LogP contribution is 2.30. The van der Waals surface area contributed by atoms with Crippen LogP contribution >= 0.6 is 22.9 Å². The van der Waals surface area contributed by atoms with E-state index in [1.54, 1.807) is 31.2 Å². The number of benzene rings is 1. The van der Waals surface area contributed by atoms with Gasteiger partial charge in [-0.2, -0.15) is 5.01 Å². The quantitative estimate of drug-likeness (QED) is 0.603. The molecule has 1 aromatic carbocycles. The number of methoxy groups -OCH3 is 1. The molecule has 0 spiro atoms. The molecule has 0 aliphatic carbocycles. The van der Waals surface area contributed by atoms with Gasteiger partial charge in [0.2, 0.25) is 0 Å². The van der Waals surface area contributed by atoms with Crippen LogP contribution in [0.1, 0.15) is 24.3 Å². The van der Waals surface area contributed by atoms with Crippen LogP contribution in [0.5, 0.6) is 5.75 Å². The second kappa shape index (κ2) is 9.03. The Labute approximate surface area is 183 Å². The molecule has 0 bridgehead atoms. The van der Waals surface area contributed by atoms with Crippen molar-refractivity contribution in [3.8, 4) is 5.75 Å². The molecule has 2 aromatic rings. The van der Waals surface area contributed by atoms with E-state index < -0.39 is 23.4 Å². The van der Waals surface area contributed by atoms with E-state index in [1.165, 1.54) is 18.4 Å². The number of thiophene rings is 1. The molecule has 4 amide bonds. The lowest BCUT2D eigenvalue weighted by atomic mass is 9.92. The lowest BCUT2D eigenvalue weighted by Gasteiger charge is -2.23. The number of imide groups is 1. The molecular weight excluding hydrogens is 428 g/mol. The molecule has 3 rings (SSSR count). The molecule has 0 saturated carbocycles. The fourth-order valence-electron chi connectivity index (χ4n) is 3.17. The Bertz CT molecular complexity index is 966. The van der Waals surface area contributed by atoms with Crippen molar-refractivity contribution in [2.75, 3.05) is 20.2 Å². The molecule has 0 radical (unpaired) electrons. The SMILES string of the molecule is CCN(CC(=O)NN1C(=O)NC(C)(c2cccc(OC)c2)C1=O)Cc1ccc(Cl)s1. The summed E-state index contributed by atoms with van der Waals surface area (Å²) in [7, 11) is 1.52. The standard InChI is InChI=1S/C20H23ClN4O4S/c1-4-24(11-15-8-9-16(21)30-15)12-17(26)23-25-18(27)20(2,22-19(25)28)13-6-5-7-14(10-13)29-3/h5-10H,4,11-12H2,1-3H3,(H,22,28)(H,23,26). The number of amides is 4. The first-order chi connectivity index (χ1) is 14.3. The van der Waals surface area contributed by atoms with E-state index in [0.29, 0.717) is 28.7 Å². The van der Waals surface area contributed by atoms with Crippen LogP contribution in [0.4, 0.5) is 4.79 Å². The zero-order valence-corrected chi connectivity index (χ0v) is 18.5. The predicted octanol–water partition coefficient (Wildman–Crippen LogP) is 2.73. The Balaban J connectivity index is 1.67. The highest BCUT2D eigenvalue weighted by molar-refractivity contribution is 7.16. The van der Waals surface area contributed by atoms with Crippen molar-refractivity contribution < 1.29 is 19.1 Å². The van der Waals surface area contributed by atoms with Crippen LogP contribution in [0.3, 0.4) is 0 Å². The average Bonchev–Trinajstić information content (AvgIpc) is 3.23. The highest BCUT2D eigenvalue weighted by atomic mass is 35.5. The first-order valence-electron chi connectivity index (χ1n) is 9.34. The first kappa shape index (κ1) is 22.1. The number of ether oxygens (including phenoxy) is 1. The van der Waals surface area contributed by atoms with Crippen molar-refractivity contribution in [3.63, 3.8) is 0 Å². The molecule has 8 nitrogen and oxygen atoms in total. The number of hydrazine groups is 1. The summed E-state index contributed by atoms with van der Waals surface area (Å²) >= 11 is 7.40. The van der Waals surface area contributed by atoms with Crippen LogP contribution in [0.15, 0.2) is 36.4 Å². The monoisotopic (exact) mass is 450 g/mol. The van der Waals surface area contributed by atoms with E-state index in [0.717, 1.165) is 9.89 Å². The molecule has 1 saturated heterocycles. The number of hydrogen-bond donors (Lipinski definition) is 2. The number of urea groups is 1. The number of halogens is 1. The lowest BCUT2D eigenvalue weighted by molar-refractivity contribution is -0.139. The number of hydrogen-bond acceptors (Lipinski definition) is 6. The summed E-state index contributed by atoms with van der Waals surface area (Å²) in [5, 5.41) is 3.39. The number of likely N-dealkylation sites (N-methyl/N-ethyl adjacent to an activating group) is 1. The molecule has 1 aromatic heterocycles. The van der Waals surface area contributed by atoms with E-state index in [1.807, 2.05) is 24.0 Å². The van der Waals surface area contributed by atoms with Crippen molar-refractivity contribution in [1.82, 2.24) is 20.7 Å². The van der Waals surface area contributed by atoms with Gasteiger partial charge in [0.15, 0.2) is 0 Å². The average molecular weight is 451 g/mol. The van der Waals surface area contributed by atoms with Crippen molar-refractivity contribution in [2.24, 2.45) is 0 Å². The van der Waals surface area contributed by atoms with Gasteiger partial charge in [0.05, 0.1) is 18.0 Å². The Morgan fingerprint density at radius 2 is 2.10 bits per heavy atom. The smallest absolute Gasteiger partial charge is 0.344 e. The van der Waals surface area contributed by atoms with Crippen LogP contribution in [0.2, 0.25) is 4.34 Å². The number of carbonyl (C=O) groups excluding carboxylic acids is 3. The largest absolute Gasteiger partial charge is 0.497 e. The molecule has 10 heteroatoms. The molecule has 1 fully saturated rings. The Morgan fingerprint density at radius 1 is 1.33 bits per heavy atom. The van der Waals surface area contributed by atoms with Crippen LogP contribution in [0, 0.1) is 0 Å². The molecule has 2 heterocycles. The molecule has 1 atom stereocenters. The second-order valence-electron chi connectivity index (χ2n) is 6.97. The highest BCUT2D eigenvalue weighted by Gasteiger charge is 2.50. The van der Waals surface area contributed by atoms with Gasteiger partial charge in [-0.05, 0) is 43.3 Å². The maximum atomic E-state index is 13.0. The minimum atomic E-state index is -1.31. The predicted molar refractivity (Wildman–Crippen MR) is 114 cm³/mol. The number of nitrogens with zero attached hydrogens (tertiary/aromatic N) is 2. The molecule has 1 aliphatic heterocycles. The van der Waals surface area contributed by atoms with Gasteiger partial charge < -0.3 is 10.1 Å². The summed E-state index contributed by atoms with van der Waals surface area (Å²) in [6.07, 6.45) is 0. The van der Waals surface area contributed by atoms with Gasteiger partial charge in [-0.25, -0.2) is 4.79 Å². The van der Waals surface area contributed by atoms with Crippen LogP contribution < -0.4 is 15.5 Å². The molecule has 160 valence electrons. The molecular formula is C20H23ClN4O4S. The first-order valence-corrected chi connectivity index (χ1v) is 10.5. The Morgan fingerprint density at radius 3 is 2.73 bits per heavy atom. The fraction of sp³-hybridized carbons (Fsp3) is 0.350. The summed E-state index contributed by atoms with van der Waals surface area (Å²) in [4.78, 5) is 40.9. The van der Waals surface area contributed by atoms with Gasteiger partial charge in [0, 0.05) is 11.4 Å². The molecule has 2 N–H and O–H groups in total. The maximum Gasteiger partial charge on any atom is 0.344 e. The minimum absolute atomic E-state index is 0.0267. The van der Waals surface area contributed by atoms with E-state index in [4.69, 9.17) is 16.3 Å². The second-order valence-corrected chi connectivity index (χ2v) is 8.77. The van der Waals surface area contributed by atoms with Crippen LogP contribution in [-0.4, -0.2) is 48.0 Å². The lowest BCUT2D eigenvalue weighted by Crippen LogP contribution is -2.50. The molecule has 30 heavy (non-hydrogen) atoms. The van der Waals surface area contributed by atoms with E-state index >= 15 is 0 Å². The summed E-state index contributed by atoms with van der Waals surface area (Å²) < 4.78 is 5.88. The number of rotatable bonds is 8. The third-order valence-electron chi connectivity index (χ3n) is 4.90. The third kappa shape index (κ3) is 4.58. The summed E-state index contributed by atoms with van der Waals surface area (Å²) in [6.45, 7) is 4.70. The van der Waals surface area contributed by atoms with Gasteiger partial charge in [0.1, 0.15) is 11.3 Å². The topological polar surface area (TPSA) is 91.0 Å². The van der Waals surface area contributed by atoms with E-state index in [2.05, 4.69) is 10.7 Å². The summed E-state index contributed by atoms with van der Waals surface area (Å²) in [6, 6.07) is 9.90. The summed E-state index contributed by atoms with van der Waals surface area (Å²) in [5.41, 5.74) is 1.67. The third-order valence-corrected chi connectivity index (χ3v) is 6.11. The van der Waals surface area contributed by atoms with Gasteiger partial charge >= 0.3 is 6.03 Å². The van der Waals surface area contributed by atoms with Gasteiger partial charge in [-0.15, -0.1) is 11.3 Å². The van der Waals surface area contributed by atoms with Crippen molar-refractivity contribution in [1.29, 1.82) is 0 Å². The molecule has 1 aliphatic rings. The normalized spacial score (nSPS) is 18.6. The number of nitrogens with one attached hydrogen (secondary N) is 2.